The first kappa shape index (κ1) is 40.5. The van der Waals surface area contributed by atoms with E-state index in [9.17, 15) is 29.4 Å². The van der Waals surface area contributed by atoms with Crippen molar-refractivity contribution in [1.82, 2.24) is 9.80 Å². The van der Waals surface area contributed by atoms with Gasteiger partial charge in [-0.3, -0.25) is 9.59 Å². The van der Waals surface area contributed by atoms with Gasteiger partial charge in [0.25, 0.3) is 0 Å². The van der Waals surface area contributed by atoms with Gasteiger partial charge in [0.15, 0.2) is 11.6 Å². The third-order valence-corrected chi connectivity index (χ3v) is 6.81. The number of hydrogen-bond acceptors (Lipinski definition) is 10. The number of para-hydroxylation sites is 2. The fourth-order valence-electron chi connectivity index (χ4n) is 4.16. The Morgan fingerprint density at radius 3 is 1.14 bits per heavy atom. The Labute approximate surface area is 285 Å². The van der Waals surface area contributed by atoms with Crippen molar-refractivity contribution in [3.63, 3.8) is 0 Å². The summed E-state index contributed by atoms with van der Waals surface area (Å²) in [5.41, 5.74) is 0.459. The average molecular weight is 625 g/mol. The Hall–Kier alpha value is -2.50. The van der Waals surface area contributed by atoms with Crippen LogP contribution in [0.3, 0.4) is 0 Å². The molecule has 43 heavy (non-hydrogen) atoms. The van der Waals surface area contributed by atoms with Crippen molar-refractivity contribution in [2.45, 2.75) is 54.4 Å². The summed E-state index contributed by atoms with van der Waals surface area (Å²) in [7, 11) is 0. The molecule has 232 valence electrons. The maximum absolute atomic E-state index is 11.9. The summed E-state index contributed by atoms with van der Waals surface area (Å²) >= 11 is 0. The van der Waals surface area contributed by atoms with E-state index in [1.165, 1.54) is 24.3 Å². The second-order valence-electron chi connectivity index (χ2n) is 9.24. The van der Waals surface area contributed by atoms with E-state index in [1.807, 2.05) is 27.7 Å². The number of ketones is 2. The number of hydrogen-bond donors (Lipinski definition) is 0. The number of ether oxygens (including phenoxy) is 2. The molecule has 2 aromatic rings. The minimum Gasteiger partial charge on any atom is -0.545 e. The van der Waals surface area contributed by atoms with Crippen molar-refractivity contribution < 1.29 is 38.9 Å². The predicted molar refractivity (Wildman–Crippen MR) is 163 cm³/mol. The smallest absolute Gasteiger partial charge is 0.545 e. The van der Waals surface area contributed by atoms with Crippen LogP contribution in [-0.4, -0.2) is 124 Å². The van der Waals surface area contributed by atoms with Crippen LogP contribution in [0.2, 0.25) is 0 Å². The van der Waals surface area contributed by atoms with Crippen LogP contribution in [0.15, 0.2) is 36.4 Å². The van der Waals surface area contributed by atoms with Crippen molar-refractivity contribution in [1.29, 1.82) is 0 Å². The van der Waals surface area contributed by atoms with E-state index >= 15 is 0 Å². The van der Waals surface area contributed by atoms with Gasteiger partial charge in [0, 0.05) is 37.1 Å². The van der Waals surface area contributed by atoms with Crippen LogP contribution in [0.25, 0.3) is 0 Å². The molecule has 0 saturated carbocycles. The fraction of sp³-hybridized carbons (Fsp3) is 0.500. The Morgan fingerprint density at radius 1 is 0.581 bits per heavy atom. The minimum atomic E-state index is -1.33. The van der Waals surface area contributed by atoms with E-state index in [0.29, 0.717) is 50.3 Å². The van der Waals surface area contributed by atoms with Gasteiger partial charge in [-0.15, -0.1) is 0 Å². The number of benzene rings is 2. The van der Waals surface area contributed by atoms with Crippen LogP contribution in [0, 0.1) is 0 Å². The van der Waals surface area contributed by atoms with E-state index in [2.05, 4.69) is 9.80 Å². The Morgan fingerprint density at radius 2 is 0.884 bits per heavy atom. The molecule has 10 nitrogen and oxygen atoms in total. The molecule has 0 fully saturated rings. The zero-order valence-electron chi connectivity index (χ0n) is 26.4. The molecule has 0 aliphatic carbocycles. The van der Waals surface area contributed by atoms with Crippen molar-refractivity contribution in [3.8, 4) is 11.5 Å². The number of carboxylic acids is 2. The number of carboxylic acid groups (broad SMARTS) is 2. The Balaban J connectivity index is 0.000000802. The first-order valence-corrected chi connectivity index (χ1v) is 14.5. The van der Waals surface area contributed by atoms with Gasteiger partial charge in [0.2, 0.25) is 0 Å². The molecule has 0 heterocycles. The summed E-state index contributed by atoms with van der Waals surface area (Å²) in [6.07, 6.45) is 0.589. The number of nitrogens with zero attached hydrogens (tertiary/aromatic N) is 2. The number of rotatable bonds is 18. The molecular weight excluding hydrogens is 580 g/mol. The summed E-state index contributed by atoms with van der Waals surface area (Å²) in [5, 5.41) is 22.4. The largest absolute Gasteiger partial charge is 2.00 e. The van der Waals surface area contributed by atoms with E-state index in [0.717, 1.165) is 26.2 Å². The Bertz CT molecular complexity index is 1090. The molecule has 0 unspecified atom stereocenters. The number of aromatic carboxylic acids is 2. The van der Waals surface area contributed by atoms with E-state index in [4.69, 9.17) is 9.47 Å². The second kappa shape index (κ2) is 22.1. The molecule has 0 atom stereocenters. The fourth-order valence-corrected chi connectivity index (χ4v) is 4.16. The number of likely N-dealkylation sites (N-methyl/N-ethyl adjacent to an activating group) is 2. The van der Waals surface area contributed by atoms with Crippen LogP contribution in [-0.2, 0) is 0 Å². The van der Waals surface area contributed by atoms with Crippen molar-refractivity contribution >= 4 is 61.2 Å². The van der Waals surface area contributed by atoms with E-state index in [1.54, 1.807) is 26.0 Å². The third-order valence-electron chi connectivity index (χ3n) is 6.81. The van der Waals surface area contributed by atoms with Crippen molar-refractivity contribution in [2.75, 3.05) is 52.5 Å². The van der Waals surface area contributed by atoms with Crippen LogP contribution in [0.1, 0.15) is 95.8 Å². The normalized spacial score (nSPS) is 10.4. The van der Waals surface area contributed by atoms with Gasteiger partial charge >= 0.3 is 37.7 Å². The molecule has 0 N–H and O–H groups in total. The first-order chi connectivity index (χ1) is 20.1. The van der Waals surface area contributed by atoms with Crippen LogP contribution in [0.5, 0.6) is 11.5 Å². The van der Waals surface area contributed by atoms with Crippen LogP contribution < -0.4 is 19.7 Å². The molecular formula is C32H44CaN2O8. The van der Waals surface area contributed by atoms with Crippen molar-refractivity contribution in [2.24, 2.45) is 0 Å². The molecule has 0 aliphatic heterocycles. The van der Waals surface area contributed by atoms with Crippen molar-refractivity contribution in [3.05, 3.63) is 58.7 Å². The first-order valence-electron chi connectivity index (χ1n) is 14.5. The van der Waals surface area contributed by atoms with Gasteiger partial charge in [0.1, 0.15) is 24.7 Å². The topological polar surface area (TPSA) is 139 Å². The molecule has 0 amide bonds. The molecule has 0 spiro atoms. The quantitative estimate of drug-likeness (QED) is 0.179. The molecule has 0 saturated heterocycles. The predicted octanol–water partition coefficient (Wildman–Crippen LogP) is 2.35. The molecule has 0 aromatic heterocycles. The summed E-state index contributed by atoms with van der Waals surface area (Å²) in [6.45, 7) is 17.2. The second-order valence-corrected chi connectivity index (χ2v) is 9.24. The van der Waals surface area contributed by atoms with Gasteiger partial charge in [-0.2, -0.15) is 0 Å². The molecule has 0 bridgehead atoms. The zero-order chi connectivity index (χ0) is 31.7. The monoisotopic (exact) mass is 624 g/mol. The van der Waals surface area contributed by atoms with E-state index < -0.39 is 11.9 Å². The molecule has 0 radical (unpaired) electrons. The third kappa shape index (κ3) is 12.9. The number of carbonyl (C=O) groups excluding carboxylic acids is 4. The van der Waals surface area contributed by atoms with Gasteiger partial charge in [0.05, 0.1) is 23.1 Å². The van der Waals surface area contributed by atoms with Gasteiger partial charge < -0.3 is 39.1 Å². The Kier molecular flexibility index (Phi) is 20.8. The molecule has 11 heteroatoms. The molecule has 2 rings (SSSR count). The molecule has 2 aromatic carbocycles. The van der Waals surface area contributed by atoms with E-state index in [-0.39, 0.29) is 71.9 Å². The summed E-state index contributed by atoms with van der Waals surface area (Å²) in [4.78, 5) is 50.5. The maximum Gasteiger partial charge on any atom is 2.00 e. The zero-order valence-corrected chi connectivity index (χ0v) is 28.6. The SMILES string of the molecule is CCC(=O)c1cccc(C(=O)[O-])c1OCCN(CC)CC.CCC(=O)c1cccc(C(=O)[O-])c1OCCN(CC)CC.[Ca+2]. The number of Topliss-reactive ketones (excluding diaryl/α,β-unsaturated/α-hetero) is 2. The van der Waals surface area contributed by atoms with Gasteiger partial charge in [-0.1, -0.05) is 53.7 Å². The summed E-state index contributed by atoms with van der Waals surface area (Å²) in [5.74, 6) is -2.71. The van der Waals surface area contributed by atoms with Crippen LogP contribution >= 0.6 is 0 Å². The van der Waals surface area contributed by atoms with Gasteiger partial charge in [-0.05, 0) is 50.4 Å². The van der Waals surface area contributed by atoms with Crippen LogP contribution in [0.4, 0.5) is 0 Å². The summed E-state index contributed by atoms with van der Waals surface area (Å²) in [6, 6.07) is 9.04. The molecule has 0 aliphatic rings. The van der Waals surface area contributed by atoms with Gasteiger partial charge in [-0.25, -0.2) is 0 Å². The standard InChI is InChI=1S/2C16H23NO4.Ca/c2*1-4-14(18)12-8-7-9-13(16(19)20)15(12)21-11-10-17(5-2)6-3;/h2*7-9H,4-6,10-11H2,1-3H3,(H,19,20);/q;;+2/p-2. The summed E-state index contributed by atoms with van der Waals surface area (Å²) < 4.78 is 11.2. The average Bonchev–Trinajstić information content (AvgIpc) is 3.00. The number of carbonyl (C=O) groups is 4. The minimum absolute atomic E-state index is 0. The maximum atomic E-state index is 11.9.